The molecule has 0 unspecified atom stereocenters. The van der Waals surface area contributed by atoms with Gasteiger partial charge in [0.25, 0.3) is 0 Å². The lowest BCUT2D eigenvalue weighted by molar-refractivity contribution is 0.414. The van der Waals surface area contributed by atoms with E-state index in [1.165, 1.54) is 17.5 Å². The summed E-state index contributed by atoms with van der Waals surface area (Å²) in [6.45, 7) is 3.97. The number of rotatable bonds is 9. The van der Waals surface area contributed by atoms with Crippen molar-refractivity contribution in [2.75, 3.05) is 12.4 Å². The molecular weight excluding hydrogens is 482 g/mol. The Balaban J connectivity index is 1.22. The van der Waals surface area contributed by atoms with E-state index in [1.807, 2.05) is 46.0 Å². The summed E-state index contributed by atoms with van der Waals surface area (Å²) in [4.78, 5) is 8.85. The first-order valence-corrected chi connectivity index (χ1v) is 12.0. The molecule has 0 aliphatic rings. The number of ether oxygens (including phenoxy) is 1. The number of fused-ring (bicyclic) bond motifs is 1. The third-order valence-electron chi connectivity index (χ3n) is 6.34. The van der Waals surface area contributed by atoms with Crippen LogP contribution < -0.4 is 10.1 Å². The normalized spacial score (nSPS) is 11.2. The molecule has 0 atom stereocenters. The Hall–Kier alpha value is -5.13. The van der Waals surface area contributed by atoms with Crippen LogP contribution in [0.25, 0.3) is 16.7 Å². The van der Waals surface area contributed by atoms with Crippen LogP contribution in [0, 0.1) is 6.92 Å². The molecule has 0 saturated heterocycles. The lowest BCUT2D eigenvalue weighted by atomic mass is 10.1. The topological polar surface area (TPSA) is 126 Å². The summed E-state index contributed by atoms with van der Waals surface area (Å²) in [5, 5.41) is 24.8. The fraction of sp³-hybridized carbons (Fsp3) is 0.192. The Morgan fingerprint density at radius 1 is 1.00 bits per heavy atom. The van der Waals surface area contributed by atoms with Crippen molar-refractivity contribution in [1.29, 1.82) is 0 Å². The summed E-state index contributed by atoms with van der Waals surface area (Å²) in [7, 11) is 1.64. The van der Waals surface area contributed by atoms with Crippen LogP contribution in [0.5, 0.6) is 5.75 Å². The van der Waals surface area contributed by atoms with Crippen molar-refractivity contribution in [3.63, 3.8) is 0 Å². The summed E-state index contributed by atoms with van der Waals surface area (Å²) < 4.78 is 10.9. The smallest absolute Gasteiger partial charge is 0.186 e. The molecule has 4 heterocycles. The molecule has 4 aromatic heterocycles. The van der Waals surface area contributed by atoms with E-state index in [-0.39, 0.29) is 0 Å². The summed E-state index contributed by atoms with van der Waals surface area (Å²) in [5.74, 6) is 1.43. The number of methoxy groups -OCH3 is 1. The zero-order valence-corrected chi connectivity index (χ0v) is 20.9. The molecule has 6 rings (SSSR count). The van der Waals surface area contributed by atoms with E-state index in [2.05, 4.69) is 66.1 Å². The van der Waals surface area contributed by atoms with Crippen molar-refractivity contribution >= 4 is 16.9 Å². The van der Waals surface area contributed by atoms with Gasteiger partial charge in [-0.15, -0.1) is 5.10 Å². The van der Waals surface area contributed by atoms with Crippen LogP contribution in [0.3, 0.4) is 0 Å². The average molecular weight is 508 g/mol. The SMILES string of the molecule is COc1ccc(-n2cnnn2)c(CNc2ncnc3nn(Cc4ccc(Cn5cccn5)c(C)c4)cc23)c1. The molecule has 2 aromatic carbocycles. The van der Waals surface area contributed by atoms with E-state index >= 15 is 0 Å². The van der Waals surface area contributed by atoms with Gasteiger partial charge in [0.1, 0.15) is 24.2 Å². The number of benzene rings is 2. The van der Waals surface area contributed by atoms with Gasteiger partial charge in [0.15, 0.2) is 5.65 Å². The van der Waals surface area contributed by atoms with Gasteiger partial charge in [-0.05, 0) is 58.3 Å². The van der Waals surface area contributed by atoms with Gasteiger partial charge < -0.3 is 10.1 Å². The minimum absolute atomic E-state index is 0.473. The van der Waals surface area contributed by atoms with E-state index in [0.717, 1.165) is 34.5 Å². The molecule has 0 saturated carbocycles. The second kappa shape index (κ2) is 10.1. The lowest BCUT2D eigenvalue weighted by Crippen LogP contribution is -2.07. The highest BCUT2D eigenvalue weighted by atomic mass is 16.5. The largest absolute Gasteiger partial charge is 0.497 e. The molecule has 0 spiro atoms. The van der Waals surface area contributed by atoms with Crippen molar-refractivity contribution in [3.05, 3.63) is 96.0 Å². The van der Waals surface area contributed by atoms with Crippen molar-refractivity contribution in [1.82, 2.24) is 49.7 Å². The molecule has 1 N–H and O–H groups in total. The maximum atomic E-state index is 5.42. The van der Waals surface area contributed by atoms with Gasteiger partial charge in [-0.1, -0.05) is 18.2 Å². The first kappa shape index (κ1) is 23.3. The molecule has 0 amide bonds. The number of tetrazole rings is 1. The average Bonchev–Trinajstić information content (AvgIpc) is 3.71. The maximum Gasteiger partial charge on any atom is 0.186 e. The van der Waals surface area contributed by atoms with E-state index in [1.54, 1.807) is 24.3 Å². The van der Waals surface area contributed by atoms with Gasteiger partial charge in [-0.25, -0.2) is 14.6 Å². The molecule has 190 valence electrons. The molecule has 12 heteroatoms. The van der Waals surface area contributed by atoms with Crippen molar-refractivity contribution in [2.24, 2.45) is 0 Å². The number of nitrogens with zero attached hydrogens (tertiary/aromatic N) is 10. The standard InChI is InChI=1S/C26H25N11O/c1-18-10-19(4-5-20(18)14-35-9-3-8-31-35)13-36-15-23-25(28-16-29-26(23)32-36)27-12-21-11-22(38-2)6-7-24(21)37-17-30-33-34-37/h3-11,15-17H,12-14H2,1-2H3,(H,27,28,29,32). The monoisotopic (exact) mass is 507 g/mol. The zero-order valence-electron chi connectivity index (χ0n) is 20.9. The molecule has 0 bridgehead atoms. The minimum atomic E-state index is 0.473. The third-order valence-corrected chi connectivity index (χ3v) is 6.34. The number of hydrogen-bond donors (Lipinski definition) is 1. The number of anilines is 1. The summed E-state index contributed by atoms with van der Waals surface area (Å²) in [6, 6.07) is 14.2. The van der Waals surface area contributed by atoms with Gasteiger partial charge in [0.05, 0.1) is 31.3 Å². The highest BCUT2D eigenvalue weighted by Gasteiger charge is 2.12. The van der Waals surface area contributed by atoms with Crippen molar-refractivity contribution in [2.45, 2.75) is 26.6 Å². The highest BCUT2D eigenvalue weighted by molar-refractivity contribution is 5.85. The van der Waals surface area contributed by atoms with Crippen LogP contribution in [0.2, 0.25) is 0 Å². The molecule has 38 heavy (non-hydrogen) atoms. The molecule has 0 radical (unpaired) electrons. The summed E-state index contributed by atoms with van der Waals surface area (Å²) in [6.07, 6.45) is 8.81. The van der Waals surface area contributed by atoms with E-state index in [0.29, 0.717) is 24.6 Å². The first-order chi connectivity index (χ1) is 18.7. The van der Waals surface area contributed by atoms with Crippen LogP contribution in [0.15, 0.2) is 73.7 Å². The maximum absolute atomic E-state index is 5.42. The van der Waals surface area contributed by atoms with Gasteiger partial charge in [0, 0.05) is 30.7 Å². The number of nitrogens with one attached hydrogen (secondary N) is 1. The fourth-order valence-electron chi connectivity index (χ4n) is 4.40. The van der Waals surface area contributed by atoms with Crippen molar-refractivity contribution < 1.29 is 4.74 Å². The van der Waals surface area contributed by atoms with E-state index in [4.69, 9.17) is 4.74 Å². The van der Waals surface area contributed by atoms with Crippen molar-refractivity contribution in [3.8, 4) is 11.4 Å². The van der Waals surface area contributed by atoms with Crippen LogP contribution in [-0.4, -0.2) is 56.8 Å². The Bertz CT molecular complexity index is 1670. The van der Waals surface area contributed by atoms with Crippen LogP contribution in [0.4, 0.5) is 5.82 Å². The van der Waals surface area contributed by atoms with Crippen LogP contribution in [-0.2, 0) is 19.6 Å². The molecule has 0 fully saturated rings. The molecular formula is C26H25N11O. The molecule has 6 aromatic rings. The van der Waals surface area contributed by atoms with Gasteiger partial charge in [0.2, 0.25) is 0 Å². The zero-order chi connectivity index (χ0) is 25.9. The van der Waals surface area contributed by atoms with Gasteiger partial charge in [-0.3, -0.25) is 9.36 Å². The predicted octanol–water partition coefficient (Wildman–Crippen LogP) is 3.02. The molecule has 0 aliphatic carbocycles. The fourth-order valence-corrected chi connectivity index (χ4v) is 4.40. The van der Waals surface area contributed by atoms with Crippen LogP contribution in [0.1, 0.15) is 22.3 Å². The Labute approximate surface area is 217 Å². The second-order valence-corrected chi connectivity index (χ2v) is 8.85. The predicted molar refractivity (Wildman–Crippen MR) is 140 cm³/mol. The third kappa shape index (κ3) is 4.78. The Morgan fingerprint density at radius 2 is 1.95 bits per heavy atom. The Kier molecular flexibility index (Phi) is 6.18. The van der Waals surface area contributed by atoms with Gasteiger partial charge >= 0.3 is 0 Å². The molecule has 12 nitrogen and oxygen atoms in total. The van der Waals surface area contributed by atoms with E-state index in [9.17, 15) is 0 Å². The lowest BCUT2D eigenvalue weighted by Gasteiger charge is -2.12. The Morgan fingerprint density at radius 3 is 2.74 bits per heavy atom. The number of aryl methyl sites for hydroxylation is 1. The highest BCUT2D eigenvalue weighted by Crippen LogP contribution is 2.24. The first-order valence-electron chi connectivity index (χ1n) is 12.0. The summed E-state index contributed by atoms with van der Waals surface area (Å²) in [5.41, 5.74) is 6.02. The van der Waals surface area contributed by atoms with Gasteiger partial charge in [-0.2, -0.15) is 10.2 Å². The number of hydrogen-bond acceptors (Lipinski definition) is 9. The quantitative estimate of drug-likeness (QED) is 0.314. The van der Waals surface area contributed by atoms with E-state index < -0.39 is 0 Å². The molecule has 0 aliphatic heterocycles. The summed E-state index contributed by atoms with van der Waals surface area (Å²) >= 11 is 0. The minimum Gasteiger partial charge on any atom is -0.497 e. The number of aromatic nitrogens is 10. The second-order valence-electron chi connectivity index (χ2n) is 8.85. The van der Waals surface area contributed by atoms with Crippen LogP contribution >= 0.6 is 0 Å².